The molecular weight excluding hydrogens is 506 g/mol. The lowest BCUT2D eigenvalue weighted by Gasteiger charge is -2.37. The molecule has 1 aromatic carbocycles. The Labute approximate surface area is 236 Å². The number of hydrogen-bond donors (Lipinski definition) is 1. The van der Waals surface area contributed by atoms with E-state index < -0.39 is 0 Å². The van der Waals surface area contributed by atoms with E-state index in [1.54, 1.807) is 29.6 Å². The molecule has 4 rings (SSSR count). The largest absolute Gasteiger partial charge is 0.481 e. The van der Waals surface area contributed by atoms with Crippen LogP contribution in [0, 0.1) is 13.8 Å². The van der Waals surface area contributed by atoms with Gasteiger partial charge in [0, 0.05) is 73.4 Å². The summed E-state index contributed by atoms with van der Waals surface area (Å²) in [5.41, 5.74) is 5.13. The van der Waals surface area contributed by atoms with Crippen molar-refractivity contribution in [3.05, 3.63) is 93.9 Å². The third kappa shape index (κ3) is 6.87. The fourth-order valence-corrected chi connectivity index (χ4v) is 5.54. The summed E-state index contributed by atoms with van der Waals surface area (Å²) in [4.78, 5) is 23.4. The van der Waals surface area contributed by atoms with Gasteiger partial charge in [-0.05, 0) is 56.9 Å². The lowest BCUT2D eigenvalue weighted by molar-refractivity contribution is 0.398. The van der Waals surface area contributed by atoms with Gasteiger partial charge in [-0.25, -0.2) is 4.98 Å². The fraction of sp³-hybridized carbons (Fsp3) is 0.355. The number of anilines is 3. The molecule has 0 unspecified atom stereocenters. The van der Waals surface area contributed by atoms with Gasteiger partial charge >= 0.3 is 0 Å². The fourth-order valence-electron chi connectivity index (χ4n) is 4.98. The minimum Gasteiger partial charge on any atom is -0.481 e. The molecule has 0 radical (unpaired) electrons. The second kappa shape index (κ2) is 12.9. The number of thioether (sulfide) groups is 1. The van der Waals surface area contributed by atoms with Crippen LogP contribution in [-0.2, 0) is 7.05 Å². The number of hydrogen-bond acceptors (Lipinski definition) is 7. The van der Waals surface area contributed by atoms with Crippen LogP contribution in [0.4, 0.5) is 17.2 Å². The van der Waals surface area contributed by atoms with Crippen molar-refractivity contribution in [1.29, 1.82) is 0 Å². The maximum atomic E-state index is 13.3. The summed E-state index contributed by atoms with van der Waals surface area (Å²) in [5, 5.41) is 3.69. The van der Waals surface area contributed by atoms with Crippen LogP contribution in [0.5, 0.6) is 5.88 Å². The van der Waals surface area contributed by atoms with E-state index >= 15 is 0 Å². The Morgan fingerprint density at radius 1 is 0.974 bits per heavy atom. The topological polar surface area (TPSA) is 62.6 Å². The number of benzene rings is 1. The molecule has 0 saturated carbocycles. The van der Waals surface area contributed by atoms with Gasteiger partial charge in [-0.3, -0.25) is 9.36 Å². The van der Waals surface area contributed by atoms with E-state index in [2.05, 4.69) is 75.7 Å². The molecule has 2 aromatic heterocycles. The van der Waals surface area contributed by atoms with Crippen molar-refractivity contribution < 1.29 is 4.74 Å². The average Bonchev–Trinajstić information content (AvgIpc) is 2.96. The standard InChI is InChI=1S/C31H39N5O2S/c1-22-19-23(2)31(37)34(4)30(36-17-15-35(16-18-36)26-13-14-32-29(21-26)38-5)12-11-25(20-22)24(3)33-27-9-7-8-10-28(27)39-6/h7-14,19-21,24,33H,15-18H2,1-6H3/t24-/m1/s1. The maximum Gasteiger partial charge on any atom is 0.254 e. The van der Waals surface area contributed by atoms with Crippen molar-refractivity contribution in [2.75, 3.05) is 54.7 Å². The summed E-state index contributed by atoms with van der Waals surface area (Å²) in [6, 6.07) is 20.8. The van der Waals surface area contributed by atoms with Crippen LogP contribution in [0.3, 0.4) is 0 Å². The number of para-hydroxylation sites is 1. The lowest BCUT2D eigenvalue weighted by atomic mass is 10.1. The van der Waals surface area contributed by atoms with Gasteiger partial charge in [-0.1, -0.05) is 35.9 Å². The summed E-state index contributed by atoms with van der Waals surface area (Å²) >= 11 is 1.73. The van der Waals surface area contributed by atoms with Gasteiger partial charge in [-0.2, -0.15) is 0 Å². The van der Waals surface area contributed by atoms with Crippen molar-refractivity contribution in [2.45, 2.75) is 31.7 Å². The van der Waals surface area contributed by atoms with E-state index in [1.807, 2.05) is 39.1 Å². The molecule has 1 N–H and O–H groups in total. The third-order valence-electron chi connectivity index (χ3n) is 7.12. The smallest absolute Gasteiger partial charge is 0.254 e. The number of aryl methyl sites for hydroxylation is 2. The highest BCUT2D eigenvalue weighted by Gasteiger charge is 2.20. The van der Waals surface area contributed by atoms with E-state index in [0.29, 0.717) is 11.4 Å². The average molecular weight is 546 g/mol. The highest BCUT2D eigenvalue weighted by molar-refractivity contribution is 7.98. The molecule has 1 aliphatic heterocycles. The number of nitrogens with zero attached hydrogens (tertiary/aromatic N) is 4. The number of methoxy groups -OCH3 is 1. The van der Waals surface area contributed by atoms with Gasteiger partial charge in [-0.15, -0.1) is 11.8 Å². The Bertz CT molecular complexity index is 1410. The first kappa shape index (κ1) is 28.4. The van der Waals surface area contributed by atoms with Gasteiger partial charge in [0.05, 0.1) is 7.11 Å². The molecule has 0 bridgehead atoms. The minimum atomic E-state index is 0.00669. The number of ether oxygens (including phenoxy) is 1. The zero-order chi connectivity index (χ0) is 27.9. The van der Waals surface area contributed by atoms with Crippen LogP contribution < -0.4 is 25.4 Å². The predicted molar refractivity (Wildman–Crippen MR) is 164 cm³/mol. The highest BCUT2D eigenvalue weighted by atomic mass is 32.2. The zero-order valence-electron chi connectivity index (χ0n) is 23.8. The van der Waals surface area contributed by atoms with Crippen molar-refractivity contribution in [3.63, 3.8) is 0 Å². The first-order valence-electron chi connectivity index (χ1n) is 13.3. The highest BCUT2D eigenvalue weighted by Crippen LogP contribution is 2.29. The molecule has 39 heavy (non-hydrogen) atoms. The van der Waals surface area contributed by atoms with E-state index in [-0.39, 0.29) is 11.6 Å². The van der Waals surface area contributed by atoms with Gasteiger partial charge in [0.15, 0.2) is 0 Å². The molecule has 3 heterocycles. The molecule has 1 atom stereocenters. The normalized spacial score (nSPS) is 14.0. The van der Waals surface area contributed by atoms with Crippen molar-refractivity contribution in [3.8, 4) is 5.88 Å². The number of nitrogens with one attached hydrogen (secondary N) is 1. The first-order valence-corrected chi connectivity index (χ1v) is 14.5. The Kier molecular flexibility index (Phi) is 9.41. The molecular formula is C31H39N5O2S. The van der Waals surface area contributed by atoms with E-state index in [9.17, 15) is 4.79 Å². The summed E-state index contributed by atoms with van der Waals surface area (Å²) < 4.78 is 7.09. The number of pyridine rings is 1. The minimum absolute atomic E-state index is 0.00669. The second-order valence-electron chi connectivity index (χ2n) is 9.87. The molecule has 0 spiro atoms. The van der Waals surface area contributed by atoms with Crippen LogP contribution >= 0.6 is 11.8 Å². The summed E-state index contributed by atoms with van der Waals surface area (Å²) in [6.45, 7) is 9.38. The summed E-state index contributed by atoms with van der Waals surface area (Å²) in [7, 11) is 3.51. The van der Waals surface area contributed by atoms with E-state index in [4.69, 9.17) is 4.74 Å². The lowest BCUT2D eigenvalue weighted by Crippen LogP contribution is -2.47. The van der Waals surface area contributed by atoms with Crippen molar-refractivity contribution in [1.82, 2.24) is 9.55 Å². The molecule has 3 aromatic rings. The van der Waals surface area contributed by atoms with Gasteiger partial charge in [0.1, 0.15) is 5.82 Å². The Morgan fingerprint density at radius 3 is 2.41 bits per heavy atom. The molecule has 0 amide bonds. The molecule has 1 aliphatic rings. The third-order valence-corrected chi connectivity index (χ3v) is 7.92. The first-order chi connectivity index (χ1) is 18.8. The van der Waals surface area contributed by atoms with E-state index in [1.165, 1.54) is 4.90 Å². The zero-order valence-corrected chi connectivity index (χ0v) is 24.6. The van der Waals surface area contributed by atoms with Crippen LogP contribution in [0.25, 0.3) is 0 Å². The van der Waals surface area contributed by atoms with Crippen LogP contribution in [0.15, 0.2) is 76.6 Å². The molecule has 1 saturated heterocycles. The van der Waals surface area contributed by atoms with Gasteiger partial charge in [0.25, 0.3) is 5.56 Å². The monoisotopic (exact) mass is 545 g/mol. The van der Waals surface area contributed by atoms with E-state index in [0.717, 1.165) is 54.5 Å². The molecule has 206 valence electrons. The van der Waals surface area contributed by atoms with Crippen LogP contribution in [-0.4, -0.2) is 49.1 Å². The van der Waals surface area contributed by atoms with Gasteiger partial charge in [0.2, 0.25) is 5.88 Å². The predicted octanol–water partition coefficient (Wildman–Crippen LogP) is 5.75. The Balaban J connectivity index is 1.68. The summed E-state index contributed by atoms with van der Waals surface area (Å²) in [5.74, 6) is 1.52. The van der Waals surface area contributed by atoms with Crippen molar-refractivity contribution in [2.24, 2.45) is 7.05 Å². The van der Waals surface area contributed by atoms with Crippen LogP contribution in [0.1, 0.15) is 29.7 Å². The molecule has 7 nitrogen and oxygen atoms in total. The molecule has 8 heteroatoms. The van der Waals surface area contributed by atoms with Crippen LogP contribution in [0.2, 0.25) is 0 Å². The van der Waals surface area contributed by atoms with Crippen molar-refractivity contribution >= 4 is 29.0 Å². The Hall–Kier alpha value is -3.65. The SMILES string of the molecule is COc1cc(N2CCN(c3ccc([C@@H](C)Nc4ccccc4SC)cc(C)cc(C)c(=O)n3C)CC2)ccn1. The Morgan fingerprint density at radius 2 is 1.69 bits per heavy atom. The quantitative estimate of drug-likeness (QED) is 0.379. The number of rotatable bonds is 7. The maximum absolute atomic E-state index is 13.3. The molecule has 0 aliphatic carbocycles. The van der Waals surface area contributed by atoms with Gasteiger partial charge < -0.3 is 19.9 Å². The number of piperazine rings is 1. The molecule has 1 fully saturated rings. The summed E-state index contributed by atoms with van der Waals surface area (Å²) in [6.07, 6.45) is 3.87. The number of aromatic nitrogens is 2. The second-order valence-corrected chi connectivity index (χ2v) is 10.7.